The maximum Gasteiger partial charge on any atom is 0.131 e. The SMILES string of the molecule is OCc1ccc(CN2CCc3nc(C4CCCCC4)ncc3C2)o1. The van der Waals surface area contributed by atoms with E-state index in [2.05, 4.69) is 9.88 Å². The average Bonchev–Trinajstić information content (AvgIpc) is 3.09. The van der Waals surface area contributed by atoms with E-state index in [1.54, 1.807) is 0 Å². The van der Waals surface area contributed by atoms with Crippen LogP contribution in [0, 0.1) is 0 Å². The first-order chi connectivity index (χ1) is 11.8. The minimum absolute atomic E-state index is 0.0411. The van der Waals surface area contributed by atoms with Crippen molar-refractivity contribution in [2.75, 3.05) is 6.54 Å². The van der Waals surface area contributed by atoms with E-state index >= 15 is 0 Å². The predicted octanol–water partition coefficient (Wildman–Crippen LogP) is 3.17. The maximum atomic E-state index is 9.10. The highest BCUT2D eigenvalue weighted by Crippen LogP contribution is 2.31. The van der Waals surface area contributed by atoms with Crippen LogP contribution in [0.15, 0.2) is 22.7 Å². The highest BCUT2D eigenvalue weighted by molar-refractivity contribution is 5.22. The number of aliphatic hydroxyl groups excluding tert-OH is 1. The molecule has 1 fully saturated rings. The molecule has 0 aromatic carbocycles. The Hall–Kier alpha value is -1.72. The second kappa shape index (κ2) is 7.03. The molecule has 0 radical (unpaired) electrons. The maximum absolute atomic E-state index is 9.10. The zero-order valence-corrected chi connectivity index (χ0v) is 14.1. The van der Waals surface area contributed by atoms with E-state index < -0.39 is 0 Å². The summed E-state index contributed by atoms with van der Waals surface area (Å²) in [5, 5.41) is 9.10. The molecule has 0 saturated heterocycles. The van der Waals surface area contributed by atoms with Crippen molar-refractivity contribution in [3.63, 3.8) is 0 Å². The summed E-state index contributed by atoms with van der Waals surface area (Å²) in [5.74, 6) is 3.17. The van der Waals surface area contributed by atoms with Crippen LogP contribution in [0.25, 0.3) is 0 Å². The molecule has 5 nitrogen and oxygen atoms in total. The van der Waals surface area contributed by atoms with E-state index in [4.69, 9.17) is 14.5 Å². The van der Waals surface area contributed by atoms with Crippen molar-refractivity contribution in [1.29, 1.82) is 0 Å². The number of aromatic nitrogens is 2. The number of rotatable bonds is 4. The molecule has 4 rings (SSSR count). The van der Waals surface area contributed by atoms with Gasteiger partial charge in [0, 0.05) is 42.9 Å². The lowest BCUT2D eigenvalue weighted by Gasteiger charge is -2.28. The normalized spacial score (nSPS) is 19.4. The standard InChI is InChI=1S/C19H25N3O2/c23-13-17-7-6-16(24-17)12-22-9-8-18-15(11-22)10-20-19(21-18)14-4-2-1-3-5-14/h6-7,10,14,23H,1-5,8-9,11-13H2. The van der Waals surface area contributed by atoms with Gasteiger partial charge in [0.05, 0.1) is 6.54 Å². The third-order valence-corrected chi connectivity index (χ3v) is 5.25. The molecule has 3 heterocycles. The van der Waals surface area contributed by atoms with Gasteiger partial charge in [0.15, 0.2) is 0 Å². The Bertz CT molecular complexity index is 692. The molecule has 2 aliphatic rings. The van der Waals surface area contributed by atoms with Crippen molar-refractivity contribution in [2.24, 2.45) is 0 Å². The van der Waals surface area contributed by atoms with Gasteiger partial charge in [-0.05, 0) is 25.0 Å². The van der Waals surface area contributed by atoms with Crippen LogP contribution in [0.4, 0.5) is 0 Å². The topological polar surface area (TPSA) is 62.4 Å². The Labute approximate surface area is 142 Å². The fraction of sp³-hybridized carbons (Fsp3) is 0.579. The van der Waals surface area contributed by atoms with Crippen LogP contribution in [0.2, 0.25) is 0 Å². The van der Waals surface area contributed by atoms with Gasteiger partial charge in [-0.1, -0.05) is 19.3 Å². The summed E-state index contributed by atoms with van der Waals surface area (Å²) >= 11 is 0. The molecule has 1 saturated carbocycles. The van der Waals surface area contributed by atoms with Gasteiger partial charge >= 0.3 is 0 Å². The third kappa shape index (κ3) is 3.37. The van der Waals surface area contributed by atoms with Gasteiger partial charge in [-0.15, -0.1) is 0 Å². The molecule has 1 aliphatic heterocycles. The molecule has 5 heteroatoms. The van der Waals surface area contributed by atoms with Crippen LogP contribution in [0.5, 0.6) is 0 Å². The summed E-state index contributed by atoms with van der Waals surface area (Å²) < 4.78 is 5.60. The van der Waals surface area contributed by atoms with Crippen molar-refractivity contribution in [2.45, 2.75) is 64.1 Å². The van der Waals surface area contributed by atoms with Gasteiger partial charge in [-0.25, -0.2) is 9.97 Å². The molecule has 128 valence electrons. The smallest absolute Gasteiger partial charge is 0.131 e. The molecule has 0 amide bonds. The van der Waals surface area contributed by atoms with Crippen LogP contribution in [0.3, 0.4) is 0 Å². The predicted molar refractivity (Wildman–Crippen MR) is 90.3 cm³/mol. The minimum atomic E-state index is -0.0411. The number of hydrogen-bond acceptors (Lipinski definition) is 5. The summed E-state index contributed by atoms with van der Waals surface area (Å²) in [4.78, 5) is 11.9. The first kappa shape index (κ1) is 15.8. The van der Waals surface area contributed by atoms with Crippen LogP contribution in [0.1, 0.15) is 66.6 Å². The summed E-state index contributed by atoms with van der Waals surface area (Å²) in [6, 6.07) is 3.79. The molecular weight excluding hydrogens is 302 g/mol. The van der Waals surface area contributed by atoms with Crippen LogP contribution < -0.4 is 0 Å². The molecule has 24 heavy (non-hydrogen) atoms. The molecule has 1 aliphatic carbocycles. The Kier molecular flexibility index (Phi) is 4.63. The van der Waals surface area contributed by atoms with Crippen LogP contribution in [-0.4, -0.2) is 26.5 Å². The Morgan fingerprint density at radius 1 is 1.17 bits per heavy atom. The molecule has 0 unspecified atom stereocenters. The van der Waals surface area contributed by atoms with Crippen LogP contribution >= 0.6 is 0 Å². The van der Waals surface area contributed by atoms with E-state index in [1.165, 1.54) is 43.4 Å². The van der Waals surface area contributed by atoms with E-state index in [0.717, 1.165) is 37.6 Å². The van der Waals surface area contributed by atoms with Crippen molar-refractivity contribution in [3.8, 4) is 0 Å². The zero-order valence-electron chi connectivity index (χ0n) is 14.1. The number of fused-ring (bicyclic) bond motifs is 1. The lowest BCUT2D eigenvalue weighted by atomic mass is 9.88. The van der Waals surface area contributed by atoms with Crippen LogP contribution in [-0.2, 0) is 26.1 Å². The van der Waals surface area contributed by atoms with Gasteiger partial charge in [-0.2, -0.15) is 0 Å². The summed E-state index contributed by atoms with van der Waals surface area (Å²) in [6.45, 7) is 2.59. The van der Waals surface area contributed by atoms with Gasteiger partial charge < -0.3 is 9.52 Å². The molecule has 0 bridgehead atoms. The molecular formula is C19H25N3O2. The lowest BCUT2D eigenvalue weighted by molar-refractivity contribution is 0.207. The van der Waals surface area contributed by atoms with E-state index in [-0.39, 0.29) is 6.61 Å². The minimum Gasteiger partial charge on any atom is -0.462 e. The quantitative estimate of drug-likeness (QED) is 0.934. The average molecular weight is 327 g/mol. The third-order valence-electron chi connectivity index (χ3n) is 5.25. The summed E-state index contributed by atoms with van der Waals surface area (Å²) in [7, 11) is 0. The van der Waals surface area contributed by atoms with Gasteiger partial charge in [0.1, 0.15) is 24.0 Å². The Morgan fingerprint density at radius 2 is 2.00 bits per heavy atom. The molecule has 2 aromatic rings. The molecule has 0 spiro atoms. The fourth-order valence-corrected chi connectivity index (χ4v) is 3.90. The lowest BCUT2D eigenvalue weighted by Crippen LogP contribution is -2.31. The number of hydrogen-bond donors (Lipinski definition) is 1. The first-order valence-electron chi connectivity index (χ1n) is 9.07. The van der Waals surface area contributed by atoms with Gasteiger partial charge in [0.25, 0.3) is 0 Å². The monoisotopic (exact) mass is 327 g/mol. The fourth-order valence-electron chi connectivity index (χ4n) is 3.90. The molecule has 0 atom stereocenters. The zero-order chi connectivity index (χ0) is 16.4. The van der Waals surface area contributed by atoms with E-state index in [0.29, 0.717) is 11.7 Å². The number of aliphatic hydroxyl groups is 1. The largest absolute Gasteiger partial charge is 0.462 e. The Balaban J connectivity index is 1.43. The highest BCUT2D eigenvalue weighted by Gasteiger charge is 2.23. The van der Waals surface area contributed by atoms with Crippen molar-refractivity contribution < 1.29 is 9.52 Å². The highest BCUT2D eigenvalue weighted by atomic mass is 16.4. The van der Waals surface area contributed by atoms with Gasteiger partial charge in [0.2, 0.25) is 0 Å². The molecule has 2 aromatic heterocycles. The summed E-state index contributed by atoms with van der Waals surface area (Å²) in [5.41, 5.74) is 2.48. The van der Waals surface area contributed by atoms with Crippen molar-refractivity contribution >= 4 is 0 Å². The van der Waals surface area contributed by atoms with Crippen molar-refractivity contribution in [1.82, 2.24) is 14.9 Å². The second-order valence-corrected chi connectivity index (χ2v) is 7.02. The number of furan rings is 1. The van der Waals surface area contributed by atoms with E-state index in [1.807, 2.05) is 18.3 Å². The van der Waals surface area contributed by atoms with Crippen molar-refractivity contribution in [3.05, 3.63) is 46.9 Å². The number of nitrogens with zero attached hydrogens (tertiary/aromatic N) is 3. The van der Waals surface area contributed by atoms with E-state index in [9.17, 15) is 0 Å². The van der Waals surface area contributed by atoms with Gasteiger partial charge in [-0.3, -0.25) is 4.90 Å². The first-order valence-corrected chi connectivity index (χ1v) is 9.07. The summed E-state index contributed by atoms with van der Waals surface area (Å²) in [6.07, 6.45) is 9.51. The Morgan fingerprint density at radius 3 is 2.79 bits per heavy atom. The second-order valence-electron chi connectivity index (χ2n) is 7.02. The molecule has 1 N–H and O–H groups in total.